The van der Waals surface area contributed by atoms with Crippen LogP contribution in [-0.4, -0.2) is 35.6 Å². The van der Waals surface area contributed by atoms with E-state index in [2.05, 4.69) is 41.9 Å². The molecular formula is C26H32O4S2. The summed E-state index contributed by atoms with van der Waals surface area (Å²) in [7, 11) is 0. The molecule has 2 atom stereocenters. The Labute approximate surface area is 199 Å². The van der Waals surface area contributed by atoms with Gasteiger partial charge in [0.05, 0.1) is 23.6 Å². The van der Waals surface area contributed by atoms with Crippen LogP contribution in [-0.2, 0) is 20.7 Å². The second-order valence-corrected chi connectivity index (χ2v) is 11.9. The lowest BCUT2D eigenvalue weighted by Crippen LogP contribution is -2.47. The van der Waals surface area contributed by atoms with Crippen LogP contribution < -0.4 is 4.74 Å². The van der Waals surface area contributed by atoms with Crippen molar-refractivity contribution in [2.45, 2.75) is 70.3 Å². The first-order valence-electron chi connectivity index (χ1n) is 11.3. The Balaban J connectivity index is 1.74. The fourth-order valence-corrected chi connectivity index (χ4v) is 6.52. The monoisotopic (exact) mass is 472 g/mol. The van der Waals surface area contributed by atoms with Crippen molar-refractivity contribution in [3.8, 4) is 5.75 Å². The first-order chi connectivity index (χ1) is 15.2. The second kappa shape index (κ2) is 9.24. The van der Waals surface area contributed by atoms with Crippen LogP contribution in [0.25, 0.3) is 10.5 Å². The molecule has 6 heteroatoms. The molecule has 0 bridgehead atoms. The van der Waals surface area contributed by atoms with Gasteiger partial charge >= 0.3 is 5.97 Å². The zero-order valence-electron chi connectivity index (χ0n) is 19.5. The van der Waals surface area contributed by atoms with Gasteiger partial charge in [0.1, 0.15) is 5.75 Å². The molecule has 3 heterocycles. The Kier molecular flexibility index (Phi) is 6.76. The standard InChI is InChI=1S/C26H32O4S2/c1-6-28-24(27)23(30-25(2,3)4)26(5)15-20(22(32-26)19-11-13-31-16-19)17-9-10-21-18(14-17)8-7-12-29-21/h9-11,13-14,16,23H,6-8,12,15H2,1-5H3. The van der Waals surface area contributed by atoms with Gasteiger partial charge in [-0.25, -0.2) is 4.79 Å². The van der Waals surface area contributed by atoms with E-state index >= 15 is 0 Å². The number of rotatable bonds is 6. The molecule has 172 valence electrons. The summed E-state index contributed by atoms with van der Waals surface area (Å²) < 4.78 is 17.2. The molecule has 2 unspecified atom stereocenters. The highest BCUT2D eigenvalue weighted by Crippen LogP contribution is 2.57. The average molecular weight is 473 g/mol. The summed E-state index contributed by atoms with van der Waals surface area (Å²) in [6.07, 6.45) is 2.14. The molecule has 0 aliphatic carbocycles. The number of fused-ring (bicyclic) bond motifs is 1. The topological polar surface area (TPSA) is 44.8 Å². The number of hydrogen-bond donors (Lipinski definition) is 0. The van der Waals surface area contributed by atoms with E-state index in [0.717, 1.165) is 31.6 Å². The summed E-state index contributed by atoms with van der Waals surface area (Å²) in [6, 6.07) is 8.68. The van der Waals surface area contributed by atoms with E-state index in [4.69, 9.17) is 14.2 Å². The Morgan fingerprint density at radius 3 is 2.75 bits per heavy atom. The molecule has 0 saturated carbocycles. The molecule has 1 aromatic heterocycles. The first-order valence-corrected chi connectivity index (χ1v) is 13.0. The molecule has 4 nitrogen and oxygen atoms in total. The van der Waals surface area contributed by atoms with Crippen molar-refractivity contribution in [2.24, 2.45) is 0 Å². The zero-order valence-corrected chi connectivity index (χ0v) is 21.2. The molecule has 0 spiro atoms. The van der Waals surface area contributed by atoms with Gasteiger partial charge in [-0.1, -0.05) is 6.07 Å². The summed E-state index contributed by atoms with van der Waals surface area (Å²) in [4.78, 5) is 14.3. The van der Waals surface area contributed by atoms with E-state index < -0.39 is 16.5 Å². The molecule has 2 aliphatic heterocycles. The lowest BCUT2D eigenvalue weighted by Gasteiger charge is -2.36. The number of esters is 1. The lowest BCUT2D eigenvalue weighted by molar-refractivity contribution is -0.168. The van der Waals surface area contributed by atoms with Crippen molar-refractivity contribution in [1.82, 2.24) is 0 Å². The zero-order chi connectivity index (χ0) is 22.9. The largest absolute Gasteiger partial charge is 0.493 e. The summed E-state index contributed by atoms with van der Waals surface area (Å²) in [6.45, 7) is 11.1. The third-order valence-corrected chi connectivity index (χ3v) is 7.90. The number of allylic oxidation sites excluding steroid dienone is 1. The van der Waals surface area contributed by atoms with Crippen LogP contribution in [0.4, 0.5) is 0 Å². The number of carbonyl (C=O) groups is 1. The molecule has 1 aromatic carbocycles. The molecule has 0 fully saturated rings. The first kappa shape index (κ1) is 23.4. The van der Waals surface area contributed by atoms with Crippen LogP contribution in [0.15, 0.2) is 35.0 Å². The van der Waals surface area contributed by atoms with E-state index in [1.54, 1.807) is 23.1 Å². The maximum atomic E-state index is 13.0. The number of thiophene rings is 1. The molecule has 2 aromatic rings. The predicted octanol–water partition coefficient (Wildman–Crippen LogP) is 6.58. The number of ether oxygens (including phenoxy) is 3. The Bertz CT molecular complexity index is 1000. The van der Waals surface area contributed by atoms with Crippen molar-refractivity contribution in [1.29, 1.82) is 0 Å². The highest BCUT2D eigenvalue weighted by molar-refractivity contribution is 8.10. The van der Waals surface area contributed by atoms with Crippen molar-refractivity contribution in [3.63, 3.8) is 0 Å². The van der Waals surface area contributed by atoms with Gasteiger partial charge in [0.2, 0.25) is 0 Å². The Morgan fingerprint density at radius 2 is 2.06 bits per heavy atom. The third kappa shape index (κ3) is 4.92. The maximum Gasteiger partial charge on any atom is 0.336 e. The van der Waals surface area contributed by atoms with Gasteiger partial charge in [-0.2, -0.15) is 11.3 Å². The minimum absolute atomic E-state index is 0.290. The quantitative estimate of drug-likeness (QED) is 0.444. The second-order valence-electron chi connectivity index (χ2n) is 9.55. The van der Waals surface area contributed by atoms with Gasteiger partial charge in [-0.15, -0.1) is 11.8 Å². The molecule has 0 saturated heterocycles. The van der Waals surface area contributed by atoms with Gasteiger partial charge in [0, 0.05) is 4.91 Å². The smallest absolute Gasteiger partial charge is 0.336 e. The predicted molar refractivity (Wildman–Crippen MR) is 133 cm³/mol. The average Bonchev–Trinajstić information content (AvgIpc) is 3.39. The minimum atomic E-state index is -0.667. The van der Waals surface area contributed by atoms with Crippen LogP contribution >= 0.6 is 23.1 Å². The molecule has 4 rings (SSSR count). The Hall–Kier alpha value is -1.76. The van der Waals surface area contributed by atoms with Crippen molar-refractivity contribution >= 4 is 39.5 Å². The normalized spacial score (nSPS) is 21.8. The van der Waals surface area contributed by atoms with Gasteiger partial charge in [0.15, 0.2) is 6.10 Å². The van der Waals surface area contributed by atoms with Gasteiger partial charge in [-0.05, 0) is 105 Å². The summed E-state index contributed by atoms with van der Waals surface area (Å²) in [5.74, 6) is 0.703. The molecule has 32 heavy (non-hydrogen) atoms. The van der Waals surface area contributed by atoms with Gasteiger partial charge < -0.3 is 14.2 Å². The van der Waals surface area contributed by atoms with Gasteiger partial charge in [-0.3, -0.25) is 0 Å². The van der Waals surface area contributed by atoms with Crippen molar-refractivity contribution in [2.75, 3.05) is 13.2 Å². The summed E-state index contributed by atoms with van der Waals surface area (Å²) in [5.41, 5.74) is 4.46. The minimum Gasteiger partial charge on any atom is -0.493 e. The van der Waals surface area contributed by atoms with Crippen LogP contribution in [0.3, 0.4) is 0 Å². The molecule has 0 radical (unpaired) electrons. The van der Waals surface area contributed by atoms with Crippen molar-refractivity contribution in [3.05, 3.63) is 51.7 Å². The number of aryl methyl sites for hydroxylation is 1. The summed E-state index contributed by atoms with van der Waals surface area (Å²) >= 11 is 3.43. The van der Waals surface area contributed by atoms with E-state index in [1.807, 2.05) is 27.7 Å². The molecular weight excluding hydrogens is 440 g/mol. The highest BCUT2D eigenvalue weighted by atomic mass is 32.2. The number of hydrogen-bond acceptors (Lipinski definition) is 6. The van der Waals surface area contributed by atoms with Crippen LogP contribution in [0, 0.1) is 0 Å². The van der Waals surface area contributed by atoms with E-state index in [1.165, 1.54) is 27.2 Å². The fourth-order valence-electron chi connectivity index (χ4n) is 4.31. The van der Waals surface area contributed by atoms with Crippen LogP contribution in [0.5, 0.6) is 5.75 Å². The lowest BCUT2D eigenvalue weighted by atomic mass is 9.88. The highest BCUT2D eigenvalue weighted by Gasteiger charge is 2.49. The molecule has 0 N–H and O–H groups in total. The summed E-state index contributed by atoms with van der Waals surface area (Å²) in [5, 5.41) is 4.28. The third-order valence-electron chi connectivity index (χ3n) is 5.70. The van der Waals surface area contributed by atoms with E-state index in [-0.39, 0.29) is 5.97 Å². The van der Waals surface area contributed by atoms with E-state index in [0.29, 0.717) is 6.61 Å². The van der Waals surface area contributed by atoms with E-state index in [9.17, 15) is 4.79 Å². The fraction of sp³-hybridized carbons (Fsp3) is 0.500. The van der Waals surface area contributed by atoms with Crippen LogP contribution in [0.1, 0.15) is 64.2 Å². The Morgan fingerprint density at radius 1 is 1.25 bits per heavy atom. The maximum absolute atomic E-state index is 13.0. The number of benzene rings is 1. The number of thioether (sulfide) groups is 1. The van der Waals surface area contributed by atoms with Crippen LogP contribution in [0.2, 0.25) is 0 Å². The molecule has 0 amide bonds. The van der Waals surface area contributed by atoms with Gasteiger partial charge in [0.25, 0.3) is 0 Å². The SMILES string of the molecule is CCOC(=O)C(OC(C)(C)C)C1(C)CC(c2ccc3c(c2)CCCO3)=C(c2ccsc2)S1. The number of carbonyl (C=O) groups excluding carboxylic acids is 1. The molecule has 2 aliphatic rings. The van der Waals surface area contributed by atoms with Crippen molar-refractivity contribution < 1.29 is 19.0 Å².